The quantitative estimate of drug-likeness (QED) is 0.378. The molecule has 1 N–H and O–H groups in total. The van der Waals surface area contributed by atoms with Gasteiger partial charge in [-0.25, -0.2) is 8.78 Å². The fourth-order valence-electron chi connectivity index (χ4n) is 0.959. The van der Waals surface area contributed by atoms with Gasteiger partial charge in [0.05, 0.1) is 6.21 Å². The van der Waals surface area contributed by atoms with Crippen LogP contribution in [-0.2, 0) is 0 Å². The van der Waals surface area contributed by atoms with Crippen LogP contribution in [0.5, 0.6) is 5.75 Å². The van der Waals surface area contributed by atoms with Gasteiger partial charge in [0.15, 0.2) is 6.61 Å². The minimum Gasteiger partial charge on any atom is -0.487 e. The van der Waals surface area contributed by atoms with E-state index in [4.69, 9.17) is 5.21 Å². The fraction of sp³-hybridized carbons (Fsp3) is 0.300. The molecule has 0 bridgehead atoms. The van der Waals surface area contributed by atoms with Gasteiger partial charge < -0.3 is 9.94 Å². The molecule has 0 amide bonds. The number of alkyl halides is 4. The molecule has 17 heavy (non-hydrogen) atoms. The molecule has 0 unspecified atom stereocenters. The lowest BCUT2D eigenvalue weighted by molar-refractivity contribution is -0.148. The van der Waals surface area contributed by atoms with Gasteiger partial charge in [-0.15, -0.1) is 0 Å². The first-order chi connectivity index (χ1) is 7.95. The Bertz CT molecular complexity index is 378. The monoisotopic (exact) mass is 251 g/mol. The van der Waals surface area contributed by atoms with Crippen LogP contribution in [0, 0.1) is 0 Å². The molecule has 0 spiro atoms. The molecule has 0 aliphatic rings. The van der Waals surface area contributed by atoms with Crippen molar-refractivity contribution in [1.82, 2.24) is 0 Å². The first-order valence-corrected chi connectivity index (χ1v) is 4.52. The number of hydrogen-bond acceptors (Lipinski definition) is 3. The summed E-state index contributed by atoms with van der Waals surface area (Å²) in [6.07, 6.45) is -2.64. The van der Waals surface area contributed by atoms with E-state index in [2.05, 4.69) is 9.89 Å². The largest absolute Gasteiger partial charge is 0.487 e. The van der Waals surface area contributed by atoms with E-state index in [-0.39, 0.29) is 5.75 Å². The van der Waals surface area contributed by atoms with Gasteiger partial charge in [-0.05, 0) is 29.8 Å². The van der Waals surface area contributed by atoms with Crippen LogP contribution < -0.4 is 4.74 Å². The van der Waals surface area contributed by atoms with E-state index in [1.54, 1.807) is 0 Å². The molecule has 1 aromatic carbocycles. The number of ether oxygens (including phenoxy) is 1. The summed E-state index contributed by atoms with van der Waals surface area (Å²) < 4.78 is 53.1. The molecule has 1 rings (SSSR count). The van der Waals surface area contributed by atoms with Crippen LogP contribution in [0.25, 0.3) is 0 Å². The van der Waals surface area contributed by atoms with Gasteiger partial charge in [0.25, 0.3) is 0 Å². The molecule has 0 aliphatic heterocycles. The van der Waals surface area contributed by atoms with E-state index in [0.717, 1.165) is 6.21 Å². The van der Waals surface area contributed by atoms with E-state index in [9.17, 15) is 17.6 Å². The molecular weight excluding hydrogens is 242 g/mol. The predicted molar refractivity (Wildman–Crippen MR) is 52.3 cm³/mol. The van der Waals surface area contributed by atoms with E-state index in [0.29, 0.717) is 5.56 Å². The van der Waals surface area contributed by atoms with Crippen LogP contribution in [0.2, 0.25) is 0 Å². The zero-order chi connectivity index (χ0) is 12.9. The molecule has 7 heteroatoms. The molecule has 0 aromatic heterocycles. The van der Waals surface area contributed by atoms with Gasteiger partial charge in [-0.2, -0.15) is 8.78 Å². The average molecular weight is 251 g/mol. The third-order valence-electron chi connectivity index (χ3n) is 1.84. The van der Waals surface area contributed by atoms with Crippen molar-refractivity contribution in [3.05, 3.63) is 29.8 Å². The average Bonchev–Trinajstić information content (AvgIpc) is 2.28. The Labute approximate surface area is 94.3 Å². The zero-order valence-corrected chi connectivity index (χ0v) is 8.49. The van der Waals surface area contributed by atoms with Gasteiger partial charge in [-0.3, -0.25) is 0 Å². The highest BCUT2D eigenvalue weighted by molar-refractivity contribution is 5.79. The predicted octanol–water partition coefficient (Wildman–Crippen LogP) is 2.77. The minimum absolute atomic E-state index is 0.0282. The summed E-state index contributed by atoms with van der Waals surface area (Å²) in [5, 5.41) is 11.0. The Balaban J connectivity index is 2.58. The summed E-state index contributed by atoms with van der Waals surface area (Å²) in [4.78, 5) is 0. The maximum Gasteiger partial charge on any atom is 0.340 e. The molecule has 0 aliphatic carbocycles. The van der Waals surface area contributed by atoms with Crippen LogP contribution in [0.1, 0.15) is 5.56 Å². The number of hydrogen-bond donors (Lipinski definition) is 1. The number of oxime groups is 1. The summed E-state index contributed by atoms with van der Waals surface area (Å²) >= 11 is 0. The van der Waals surface area contributed by atoms with Crippen molar-refractivity contribution >= 4 is 6.21 Å². The van der Waals surface area contributed by atoms with E-state index < -0.39 is 19.0 Å². The molecule has 0 saturated heterocycles. The van der Waals surface area contributed by atoms with Crippen molar-refractivity contribution in [1.29, 1.82) is 0 Å². The highest BCUT2D eigenvalue weighted by Gasteiger charge is 2.41. The molecule has 94 valence electrons. The van der Waals surface area contributed by atoms with E-state index in [1.807, 2.05) is 0 Å². The Morgan fingerprint density at radius 1 is 1.29 bits per heavy atom. The smallest absolute Gasteiger partial charge is 0.340 e. The molecule has 3 nitrogen and oxygen atoms in total. The van der Waals surface area contributed by atoms with Gasteiger partial charge >= 0.3 is 12.3 Å². The Morgan fingerprint density at radius 2 is 1.88 bits per heavy atom. The van der Waals surface area contributed by atoms with Crippen LogP contribution >= 0.6 is 0 Å². The van der Waals surface area contributed by atoms with Gasteiger partial charge in [0.1, 0.15) is 5.75 Å². The molecule has 0 fully saturated rings. The Kier molecular flexibility index (Phi) is 4.30. The first kappa shape index (κ1) is 13.3. The van der Waals surface area contributed by atoms with Crippen molar-refractivity contribution in [2.45, 2.75) is 12.3 Å². The molecule has 0 heterocycles. The van der Waals surface area contributed by atoms with E-state index >= 15 is 0 Å². The zero-order valence-electron chi connectivity index (χ0n) is 8.49. The van der Waals surface area contributed by atoms with Crippen LogP contribution in [0.15, 0.2) is 29.4 Å². The number of benzene rings is 1. The lowest BCUT2D eigenvalue weighted by Gasteiger charge is -2.15. The van der Waals surface area contributed by atoms with Crippen molar-refractivity contribution in [3.8, 4) is 5.75 Å². The summed E-state index contributed by atoms with van der Waals surface area (Å²) in [5.74, 6) is -4.15. The van der Waals surface area contributed by atoms with Gasteiger partial charge in [-0.1, -0.05) is 5.16 Å². The van der Waals surface area contributed by atoms with Crippen molar-refractivity contribution in [2.75, 3.05) is 6.61 Å². The number of halogens is 4. The van der Waals surface area contributed by atoms with Crippen LogP contribution in [0.4, 0.5) is 17.6 Å². The second kappa shape index (κ2) is 5.51. The van der Waals surface area contributed by atoms with Crippen molar-refractivity contribution in [3.63, 3.8) is 0 Å². The van der Waals surface area contributed by atoms with Crippen molar-refractivity contribution < 1.29 is 27.5 Å². The van der Waals surface area contributed by atoms with Crippen LogP contribution in [-0.4, -0.2) is 30.4 Å². The molecule has 1 aromatic rings. The number of rotatable bonds is 5. The summed E-state index contributed by atoms with van der Waals surface area (Å²) in [6, 6.07) is 5.46. The summed E-state index contributed by atoms with van der Waals surface area (Å²) in [6.45, 7) is -1.39. The molecular formula is C10H9F4NO2. The highest BCUT2D eigenvalue weighted by atomic mass is 19.3. The van der Waals surface area contributed by atoms with Crippen LogP contribution in [0.3, 0.4) is 0 Å². The van der Waals surface area contributed by atoms with E-state index in [1.165, 1.54) is 24.3 Å². The molecule has 0 atom stereocenters. The minimum atomic E-state index is -4.18. The molecule has 0 radical (unpaired) electrons. The Hall–Kier alpha value is -1.79. The molecule has 0 saturated carbocycles. The maximum absolute atomic E-state index is 12.5. The van der Waals surface area contributed by atoms with Gasteiger partial charge in [0, 0.05) is 0 Å². The Morgan fingerprint density at radius 3 is 2.35 bits per heavy atom. The lowest BCUT2D eigenvalue weighted by Crippen LogP contribution is -2.33. The second-order valence-electron chi connectivity index (χ2n) is 3.16. The third kappa shape index (κ3) is 3.93. The topological polar surface area (TPSA) is 41.8 Å². The standard InChI is InChI=1S/C10H9F4NO2/c11-9(12)10(13,14)6-17-8-3-1-7(2-4-8)5-15-16/h1-5,9,16H,6H2. The SMILES string of the molecule is ON=Cc1ccc(OCC(F)(F)C(F)F)cc1. The van der Waals surface area contributed by atoms with Crippen molar-refractivity contribution in [2.24, 2.45) is 5.16 Å². The summed E-state index contributed by atoms with van der Waals surface area (Å²) in [7, 11) is 0. The first-order valence-electron chi connectivity index (χ1n) is 4.52. The second-order valence-corrected chi connectivity index (χ2v) is 3.16. The maximum atomic E-state index is 12.5. The van der Waals surface area contributed by atoms with Gasteiger partial charge in [0.2, 0.25) is 0 Å². The normalized spacial score (nSPS) is 12.3. The summed E-state index contributed by atoms with van der Waals surface area (Å²) in [5.41, 5.74) is 0.514. The number of nitrogens with zero attached hydrogens (tertiary/aromatic N) is 1. The fourth-order valence-corrected chi connectivity index (χ4v) is 0.959. The highest BCUT2D eigenvalue weighted by Crippen LogP contribution is 2.24. The lowest BCUT2D eigenvalue weighted by atomic mass is 10.2. The third-order valence-corrected chi connectivity index (χ3v) is 1.84.